The SMILES string of the molecule is CC(C)(C)OC(=O)N1C2CCC1CC(=O)C2.CC(C)(C)OC(=O)N1C2CCC1CC(O)(c1ncccc1Cl)C2.Clc1cccnc1. The molecule has 2 aromatic rings. The lowest BCUT2D eigenvalue weighted by Gasteiger charge is -2.43. The molecular weight excluding hydrogens is 631 g/mol. The van der Waals surface area contributed by atoms with Gasteiger partial charge < -0.3 is 24.4 Å². The van der Waals surface area contributed by atoms with E-state index in [0.717, 1.165) is 25.7 Å². The summed E-state index contributed by atoms with van der Waals surface area (Å²) in [6.07, 6.45) is 9.91. The Hall–Kier alpha value is -2.95. The molecule has 0 radical (unpaired) electrons. The van der Waals surface area contributed by atoms with E-state index in [0.29, 0.717) is 41.4 Å². The Kier molecular flexibility index (Phi) is 11.3. The van der Waals surface area contributed by atoms with Crippen molar-refractivity contribution < 1.29 is 29.0 Å². The second kappa shape index (κ2) is 14.4. The highest BCUT2D eigenvalue weighted by Crippen LogP contribution is 2.47. The van der Waals surface area contributed by atoms with Crippen molar-refractivity contribution in [1.82, 2.24) is 19.8 Å². The molecule has 1 N–H and O–H groups in total. The summed E-state index contributed by atoms with van der Waals surface area (Å²) in [7, 11) is 0. The number of aliphatic hydroxyl groups is 1. The first-order valence-corrected chi connectivity index (χ1v) is 16.6. The minimum atomic E-state index is -1.08. The molecular formula is C34H46Cl2N4O6. The molecule has 0 spiro atoms. The number of carbonyl (C=O) groups is 3. The van der Waals surface area contributed by atoms with Crippen molar-refractivity contribution in [2.24, 2.45) is 0 Å². The maximum atomic E-state index is 12.5. The van der Waals surface area contributed by atoms with Crippen molar-refractivity contribution in [2.75, 3.05) is 0 Å². The number of halogens is 2. The largest absolute Gasteiger partial charge is 0.444 e. The average Bonchev–Trinajstić information content (AvgIpc) is 3.39. The first-order chi connectivity index (χ1) is 21.5. The molecule has 4 fully saturated rings. The van der Waals surface area contributed by atoms with Gasteiger partial charge in [0.2, 0.25) is 0 Å². The highest BCUT2D eigenvalue weighted by atomic mass is 35.5. The summed E-state index contributed by atoms with van der Waals surface area (Å²) in [5, 5.41) is 12.3. The van der Waals surface area contributed by atoms with Gasteiger partial charge in [0.05, 0.1) is 15.7 Å². The van der Waals surface area contributed by atoms with Crippen LogP contribution in [0.15, 0.2) is 42.9 Å². The number of aromatic nitrogens is 2. The molecule has 0 saturated carbocycles. The summed E-state index contributed by atoms with van der Waals surface area (Å²) < 4.78 is 10.9. The van der Waals surface area contributed by atoms with Crippen molar-refractivity contribution in [2.45, 2.75) is 134 Å². The fraction of sp³-hybridized carbons (Fsp3) is 0.618. The van der Waals surface area contributed by atoms with Gasteiger partial charge in [0.25, 0.3) is 0 Å². The highest BCUT2D eigenvalue weighted by molar-refractivity contribution is 6.31. The molecule has 12 heteroatoms. The number of rotatable bonds is 1. The van der Waals surface area contributed by atoms with E-state index in [1.165, 1.54) is 0 Å². The van der Waals surface area contributed by atoms with E-state index in [4.69, 9.17) is 32.7 Å². The normalized spacial score (nSPS) is 26.8. The standard InChI is InChI=1S/C17H23ClN2O3.C12H19NO3.C5H4ClN/c1-16(2,3)23-15(21)20-11-6-7-12(20)10-17(22,9-11)14-13(18)5-4-8-19-14;1-12(2,3)16-11(15)13-8-4-5-9(13)7-10(14)6-8;6-5-2-1-3-7-4-5/h4-5,8,11-12,22H,6-7,9-10H2,1-3H3;8-9H,4-7H2,1-3H3;1-4H. The number of fused-ring (bicyclic) bond motifs is 4. The molecule has 46 heavy (non-hydrogen) atoms. The highest BCUT2D eigenvalue weighted by Gasteiger charge is 2.52. The second-order valence-electron chi connectivity index (χ2n) is 14.4. The van der Waals surface area contributed by atoms with Gasteiger partial charge >= 0.3 is 12.2 Å². The molecule has 6 rings (SSSR count). The van der Waals surface area contributed by atoms with E-state index in [9.17, 15) is 19.5 Å². The summed E-state index contributed by atoms with van der Waals surface area (Å²) >= 11 is 11.7. The van der Waals surface area contributed by atoms with Gasteiger partial charge in [0, 0.05) is 68.4 Å². The Morgan fingerprint density at radius 1 is 0.826 bits per heavy atom. The molecule has 0 aliphatic carbocycles. The van der Waals surface area contributed by atoms with Crippen LogP contribution in [0.1, 0.15) is 98.6 Å². The fourth-order valence-electron chi connectivity index (χ4n) is 6.68. The molecule has 10 nitrogen and oxygen atoms in total. The molecule has 2 amide bonds. The van der Waals surface area contributed by atoms with Gasteiger partial charge in [-0.05, 0) is 91.5 Å². The Balaban J connectivity index is 0.000000180. The number of ketones is 1. The van der Waals surface area contributed by atoms with E-state index < -0.39 is 16.8 Å². The predicted molar refractivity (Wildman–Crippen MR) is 176 cm³/mol. The van der Waals surface area contributed by atoms with Crippen LogP contribution in [-0.2, 0) is 19.9 Å². The van der Waals surface area contributed by atoms with Gasteiger partial charge in [0.1, 0.15) is 22.6 Å². The first kappa shape index (κ1) is 35.9. The lowest BCUT2D eigenvalue weighted by Crippen LogP contribution is -2.53. The smallest absolute Gasteiger partial charge is 0.410 e. The van der Waals surface area contributed by atoms with Gasteiger partial charge in [-0.2, -0.15) is 0 Å². The fourth-order valence-corrected chi connectivity index (χ4v) is 7.11. The topological polar surface area (TPSA) is 122 Å². The number of hydrogen-bond donors (Lipinski definition) is 1. The van der Waals surface area contributed by atoms with Crippen LogP contribution in [0.4, 0.5) is 9.59 Å². The van der Waals surface area contributed by atoms with Gasteiger partial charge in [-0.25, -0.2) is 9.59 Å². The summed E-state index contributed by atoms with van der Waals surface area (Å²) in [6.45, 7) is 11.2. The third-order valence-corrected chi connectivity index (χ3v) is 8.87. The van der Waals surface area contributed by atoms with E-state index in [-0.39, 0.29) is 42.1 Å². The van der Waals surface area contributed by atoms with Crippen molar-refractivity contribution in [3.63, 3.8) is 0 Å². The molecule has 252 valence electrons. The minimum absolute atomic E-state index is 0.0355. The number of hydrogen-bond acceptors (Lipinski definition) is 8. The van der Waals surface area contributed by atoms with Gasteiger partial charge in [-0.15, -0.1) is 0 Å². The molecule has 4 aliphatic rings. The molecule has 4 aliphatic heterocycles. The summed E-state index contributed by atoms with van der Waals surface area (Å²) in [6, 6.07) is 7.17. The van der Waals surface area contributed by atoms with Crippen LogP contribution in [0.25, 0.3) is 0 Å². The van der Waals surface area contributed by atoms with Crippen molar-refractivity contribution in [3.05, 3.63) is 58.6 Å². The van der Waals surface area contributed by atoms with Crippen molar-refractivity contribution in [3.8, 4) is 0 Å². The number of amides is 2. The summed E-state index contributed by atoms with van der Waals surface area (Å²) in [5.74, 6) is 0.285. The maximum Gasteiger partial charge on any atom is 0.410 e. The number of ether oxygens (including phenoxy) is 2. The maximum absolute atomic E-state index is 12.5. The minimum Gasteiger partial charge on any atom is -0.444 e. The van der Waals surface area contributed by atoms with E-state index in [1.54, 1.807) is 52.7 Å². The van der Waals surface area contributed by atoms with Crippen LogP contribution in [0.3, 0.4) is 0 Å². The number of pyridine rings is 2. The molecule has 0 aromatic carbocycles. The van der Waals surface area contributed by atoms with Crippen molar-refractivity contribution in [1.29, 1.82) is 0 Å². The number of piperidine rings is 2. The molecule has 4 unspecified atom stereocenters. The zero-order chi connectivity index (χ0) is 33.9. The van der Waals surface area contributed by atoms with Crippen LogP contribution >= 0.6 is 23.2 Å². The zero-order valence-electron chi connectivity index (χ0n) is 27.5. The molecule has 4 saturated heterocycles. The van der Waals surface area contributed by atoms with Crippen molar-refractivity contribution >= 4 is 41.2 Å². The lowest BCUT2D eigenvalue weighted by molar-refractivity contribution is -0.123. The van der Waals surface area contributed by atoms with E-state index >= 15 is 0 Å². The second-order valence-corrected chi connectivity index (χ2v) is 15.3. The van der Waals surface area contributed by atoms with Gasteiger partial charge in [0.15, 0.2) is 0 Å². The number of Topliss-reactive ketones (excluding diaryl/α,β-unsaturated/α-hetero) is 1. The van der Waals surface area contributed by atoms with E-state index in [2.05, 4.69) is 9.97 Å². The Bertz CT molecular complexity index is 1350. The Morgan fingerprint density at radius 2 is 1.30 bits per heavy atom. The third-order valence-electron chi connectivity index (χ3n) is 8.35. The summed E-state index contributed by atoms with van der Waals surface area (Å²) in [4.78, 5) is 47.5. The Morgan fingerprint density at radius 3 is 1.72 bits per heavy atom. The molecule has 4 bridgehead atoms. The van der Waals surface area contributed by atoms with E-state index in [1.807, 2.05) is 41.5 Å². The molecule has 2 aromatic heterocycles. The van der Waals surface area contributed by atoms with Crippen LogP contribution in [0.5, 0.6) is 0 Å². The van der Waals surface area contributed by atoms with Crippen LogP contribution < -0.4 is 0 Å². The quantitative estimate of drug-likeness (QED) is 0.333. The van der Waals surface area contributed by atoms with Crippen LogP contribution in [0, 0.1) is 0 Å². The number of nitrogens with zero attached hydrogens (tertiary/aromatic N) is 4. The number of carbonyl (C=O) groups excluding carboxylic acids is 3. The van der Waals surface area contributed by atoms with Gasteiger partial charge in [-0.3, -0.25) is 14.8 Å². The first-order valence-electron chi connectivity index (χ1n) is 15.9. The third kappa shape index (κ3) is 9.32. The molecule has 6 heterocycles. The Labute approximate surface area is 281 Å². The average molecular weight is 678 g/mol. The lowest BCUT2D eigenvalue weighted by atomic mass is 9.83. The monoisotopic (exact) mass is 676 g/mol. The summed E-state index contributed by atoms with van der Waals surface area (Å²) in [5.41, 5.74) is -1.54. The molecule has 4 atom stereocenters. The zero-order valence-corrected chi connectivity index (χ0v) is 29.1. The van der Waals surface area contributed by atoms with Gasteiger partial charge in [-0.1, -0.05) is 23.2 Å². The van der Waals surface area contributed by atoms with Crippen LogP contribution in [0.2, 0.25) is 10.0 Å². The van der Waals surface area contributed by atoms with Crippen LogP contribution in [-0.4, -0.2) is 78.2 Å². The predicted octanol–water partition coefficient (Wildman–Crippen LogP) is 7.34.